The Balaban J connectivity index is 3.26. The Labute approximate surface area is 103 Å². The van der Waals surface area contributed by atoms with Gasteiger partial charge in [0.1, 0.15) is 5.75 Å². The van der Waals surface area contributed by atoms with Gasteiger partial charge in [-0.1, -0.05) is 19.9 Å². The van der Waals surface area contributed by atoms with Crippen molar-refractivity contribution >= 4 is 21.9 Å². The zero-order valence-electron chi connectivity index (χ0n) is 9.49. The van der Waals surface area contributed by atoms with Gasteiger partial charge in [0.05, 0.1) is 10.4 Å². The van der Waals surface area contributed by atoms with Gasteiger partial charge in [-0.15, -0.1) is 0 Å². The van der Waals surface area contributed by atoms with Crippen molar-refractivity contribution in [2.45, 2.75) is 26.7 Å². The summed E-state index contributed by atoms with van der Waals surface area (Å²) in [6.07, 6.45) is 0. The number of phenols is 1. The lowest BCUT2D eigenvalue weighted by atomic mass is 9.88. The topological polar surface area (TPSA) is 57.5 Å². The Morgan fingerprint density at radius 3 is 2.31 bits per heavy atom. The van der Waals surface area contributed by atoms with Crippen LogP contribution in [0.25, 0.3) is 0 Å². The second kappa shape index (κ2) is 4.87. The van der Waals surface area contributed by atoms with E-state index in [0.717, 1.165) is 5.56 Å². The highest BCUT2D eigenvalue weighted by Gasteiger charge is 2.24. The van der Waals surface area contributed by atoms with Crippen LogP contribution in [0.15, 0.2) is 16.6 Å². The van der Waals surface area contributed by atoms with Crippen molar-refractivity contribution in [1.29, 1.82) is 0 Å². The molecule has 4 heteroatoms. The summed E-state index contributed by atoms with van der Waals surface area (Å²) in [5.41, 5.74) is 1.47. The van der Waals surface area contributed by atoms with Crippen LogP contribution in [0.3, 0.4) is 0 Å². The lowest BCUT2D eigenvalue weighted by molar-refractivity contribution is -0.139. The van der Waals surface area contributed by atoms with Crippen LogP contribution in [0.1, 0.15) is 30.9 Å². The van der Waals surface area contributed by atoms with E-state index in [1.165, 1.54) is 6.07 Å². The molecule has 1 aromatic carbocycles. The van der Waals surface area contributed by atoms with Gasteiger partial charge in [0.2, 0.25) is 0 Å². The summed E-state index contributed by atoms with van der Waals surface area (Å²) in [5, 5.41) is 18.8. The van der Waals surface area contributed by atoms with Crippen molar-refractivity contribution in [1.82, 2.24) is 0 Å². The molecule has 0 saturated carbocycles. The largest absolute Gasteiger partial charge is 0.507 e. The predicted molar refractivity (Wildman–Crippen MR) is 65.8 cm³/mol. The van der Waals surface area contributed by atoms with Crippen LogP contribution in [0.5, 0.6) is 5.75 Å². The Kier molecular flexibility index (Phi) is 3.97. The highest BCUT2D eigenvalue weighted by molar-refractivity contribution is 9.10. The molecule has 0 aliphatic rings. The number of halogens is 1. The first kappa shape index (κ1) is 13.0. The molecule has 1 atom stereocenters. The van der Waals surface area contributed by atoms with Gasteiger partial charge in [0.15, 0.2) is 0 Å². The molecule has 0 aliphatic heterocycles. The van der Waals surface area contributed by atoms with E-state index in [0.29, 0.717) is 10.0 Å². The fraction of sp³-hybridized carbons (Fsp3) is 0.417. The van der Waals surface area contributed by atoms with Crippen LogP contribution in [-0.2, 0) is 4.79 Å². The first-order valence-corrected chi connectivity index (χ1v) is 5.85. The molecule has 0 bridgehead atoms. The minimum Gasteiger partial charge on any atom is -0.507 e. The van der Waals surface area contributed by atoms with Crippen LogP contribution in [0, 0.1) is 12.8 Å². The number of carboxylic acids is 1. The second-order valence-corrected chi connectivity index (χ2v) is 5.02. The van der Waals surface area contributed by atoms with E-state index in [4.69, 9.17) is 5.11 Å². The first-order chi connectivity index (χ1) is 7.34. The molecule has 1 aromatic rings. The number of carboxylic acid groups (broad SMARTS) is 1. The number of aromatic hydroxyl groups is 1. The molecule has 1 unspecified atom stereocenters. The lowest BCUT2D eigenvalue weighted by Gasteiger charge is -2.18. The van der Waals surface area contributed by atoms with Gasteiger partial charge < -0.3 is 10.2 Å². The number of hydrogen-bond acceptors (Lipinski definition) is 2. The van der Waals surface area contributed by atoms with Crippen molar-refractivity contribution in [3.8, 4) is 5.75 Å². The summed E-state index contributed by atoms with van der Waals surface area (Å²) in [4.78, 5) is 11.2. The third kappa shape index (κ3) is 2.55. The Hall–Kier alpha value is -1.03. The number of carbonyl (C=O) groups is 1. The molecule has 0 saturated heterocycles. The van der Waals surface area contributed by atoms with Crippen molar-refractivity contribution in [2.75, 3.05) is 0 Å². The molecule has 0 spiro atoms. The smallest absolute Gasteiger partial charge is 0.311 e. The number of phenolic OH excluding ortho intramolecular Hbond substituents is 1. The lowest BCUT2D eigenvalue weighted by Crippen LogP contribution is -2.17. The van der Waals surface area contributed by atoms with Crippen LogP contribution in [0.4, 0.5) is 0 Å². The average Bonchev–Trinajstić information content (AvgIpc) is 2.12. The van der Waals surface area contributed by atoms with Crippen molar-refractivity contribution in [3.63, 3.8) is 0 Å². The maximum atomic E-state index is 11.2. The zero-order valence-corrected chi connectivity index (χ0v) is 11.1. The van der Waals surface area contributed by atoms with Gasteiger partial charge in [0.25, 0.3) is 0 Å². The summed E-state index contributed by atoms with van der Waals surface area (Å²) in [6.45, 7) is 5.53. The Morgan fingerprint density at radius 1 is 1.38 bits per heavy atom. The Bertz CT molecular complexity index is 390. The predicted octanol–water partition coefficient (Wildman–Crippen LogP) is 3.29. The first-order valence-electron chi connectivity index (χ1n) is 5.06. The third-order valence-corrected chi connectivity index (χ3v) is 3.58. The minimum atomic E-state index is -0.865. The highest BCUT2D eigenvalue weighted by Crippen LogP contribution is 2.34. The molecule has 0 aliphatic carbocycles. The summed E-state index contributed by atoms with van der Waals surface area (Å²) in [6, 6.07) is 3.30. The van der Waals surface area contributed by atoms with Gasteiger partial charge in [0, 0.05) is 0 Å². The number of benzene rings is 1. The Morgan fingerprint density at radius 2 is 1.94 bits per heavy atom. The van der Waals surface area contributed by atoms with E-state index in [2.05, 4.69) is 15.9 Å². The number of hydrogen-bond donors (Lipinski definition) is 2. The number of aryl methyl sites for hydroxylation is 1. The maximum Gasteiger partial charge on any atom is 0.311 e. The van der Waals surface area contributed by atoms with Gasteiger partial charge >= 0.3 is 5.97 Å². The summed E-state index contributed by atoms with van der Waals surface area (Å²) >= 11 is 3.24. The SMILES string of the molecule is Cc1cc(C(C(=O)O)C(C)C)cc(O)c1Br. The molecule has 1 rings (SSSR count). The van der Waals surface area contributed by atoms with Gasteiger partial charge in [-0.25, -0.2) is 0 Å². The molecule has 0 amide bonds. The number of rotatable bonds is 3. The van der Waals surface area contributed by atoms with E-state index in [1.807, 2.05) is 20.8 Å². The molecule has 0 fully saturated rings. The zero-order chi connectivity index (χ0) is 12.5. The van der Waals surface area contributed by atoms with E-state index in [9.17, 15) is 9.90 Å². The van der Waals surface area contributed by atoms with Crippen molar-refractivity contribution in [3.05, 3.63) is 27.7 Å². The standard InChI is InChI=1S/C12H15BrO3/c1-6(2)10(12(15)16)8-4-7(3)11(13)9(14)5-8/h4-6,10,14H,1-3H3,(H,15,16). The molecule has 2 N–H and O–H groups in total. The second-order valence-electron chi connectivity index (χ2n) is 4.23. The van der Waals surface area contributed by atoms with Crippen molar-refractivity contribution in [2.24, 2.45) is 5.92 Å². The van der Waals surface area contributed by atoms with E-state index >= 15 is 0 Å². The summed E-state index contributed by atoms with van der Waals surface area (Å²) in [7, 11) is 0. The highest BCUT2D eigenvalue weighted by atomic mass is 79.9. The number of aliphatic carboxylic acids is 1. The average molecular weight is 287 g/mol. The molecule has 3 nitrogen and oxygen atoms in total. The van der Waals surface area contributed by atoms with Crippen molar-refractivity contribution < 1.29 is 15.0 Å². The third-order valence-electron chi connectivity index (χ3n) is 2.55. The monoisotopic (exact) mass is 286 g/mol. The normalized spacial score (nSPS) is 12.8. The molecular weight excluding hydrogens is 272 g/mol. The van der Waals surface area contributed by atoms with E-state index in [1.54, 1.807) is 6.07 Å². The van der Waals surface area contributed by atoms with E-state index in [-0.39, 0.29) is 11.7 Å². The molecular formula is C12H15BrO3. The molecule has 0 heterocycles. The van der Waals surface area contributed by atoms with Gasteiger partial charge in [-0.2, -0.15) is 0 Å². The summed E-state index contributed by atoms with van der Waals surface area (Å²) < 4.78 is 0.615. The van der Waals surface area contributed by atoms with Gasteiger partial charge in [-0.05, 0) is 46.0 Å². The summed E-state index contributed by atoms with van der Waals surface area (Å²) in [5.74, 6) is -1.38. The quantitative estimate of drug-likeness (QED) is 0.896. The molecule has 0 aromatic heterocycles. The fourth-order valence-electron chi connectivity index (χ4n) is 1.77. The minimum absolute atomic E-state index is 0.0162. The molecule has 0 radical (unpaired) electrons. The molecule has 16 heavy (non-hydrogen) atoms. The van der Waals surface area contributed by atoms with Crippen LogP contribution >= 0.6 is 15.9 Å². The molecule has 88 valence electrons. The fourth-order valence-corrected chi connectivity index (χ4v) is 2.00. The van der Waals surface area contributed by atoms with Crippen LogP contribution < -0.4 is 0 Å². The maximum absolute atomic E-state index is 11.2. The van der Waals surface area contributed by atoms with Crippen LogP contribution in [-0.4, -0.2) is 16.2 Å². The van der Waals surface area contributed by atoms with Gasteiger partial charge in [-0.3, -0.25) is 4.79 Å². The van der Waals surface area contributed by atoms with Crippen LogP contribution in [0.2, 0.25) is 0 Å². The van der Waals surface area contributed by atoms with E-state index < -0.39 is 11.9 Å².